The highest BCUT2D eigenvalue weighted by Gasteiger charge is 2.23. The van der Waals surface area contributed by atoms with Crippen molar-refractivity contribution in [1.82, 2.24) is 10.2 Å². The van der Waals surface area contributed by atoms with E-state index in [1.54, 1.807) is 26.2 Å². The summed E-state index contributed by atoms with van der Waals surface area (Å²) in [6, 6.07) is 7.25. The molecule has 20 heavy (non-hydrogen) atoms. The molecule has 1 aliphatic rings. The molecule has 0 aliphatic carbocycles. The van der Waals surface area contributed by atoms with E-state index in [1.165, 1.54) is 0 Å². The van der Waals surface area contributed by atoms with E-state index in [0.717, 1.165) is 31.9 Å². The fourth-order valence-corrected chi connectivity index (χ4v) is 2.05. The Morgan fingerprint density at radius 3 is 2.30 bits per heavy atom. The number of halogens is 1. The van der Waals surface area contributed by atoms with Gasteiger partial charge in [0.05, 0.1) is 7.11 Å². The smallest absolute Gasteiger partial charge is 0.263 e. The number of rotatable bonds is 4. The Morgan fingerprint density at radius 1 is 1.20 bits per heavy atom. The molecule has 1 aromatic carbocycles. The third-order valence-corrected chi connectivity index (χ3v) is 3.15. The monoisotopic (exact) mass is 300 g/mol. The molecular weight excluding hydrogens is 280 g/mol. The Balaban J connectivity index is 0.00000200. The highest BCUT2D eigenvalue weighted by Crippen LogP contribution is 2.18. The summed E-state index contributed by atoms with van der Waals surface area (Å²) in [6.45, 7) is 4.97. The van der Waals surface area contributed by atoms with Gasteiger partial charge >= 0.3 is 0 Å². The molecule has 1 fully saturated rings. The largest absolute Gasteiger partial charge is 0.497 e. The molecule has 2 rings (SSSR count). The maximum absolute atomic E-state index is 12.2. The average molecular weight is 301 g/mol. The molecule has 0 aromatic heterocycles. The lowest BCUT2D eigenvalue weighted by atomic mass is 10.2. The Labute approximate surface area is 125 Å². The first-order valence-electron chi connectivity index (χ1n) is 6.51. The minimum atomic E-state index is -0.466. The van der Waals surface area contributed by atoms with Gasteiger partial charge in [-0.3, -0.25) is 4.79 Å². The summed E-state index contributed by atoms with van der Waals surface area (Å²) >= 11 is 0. The predicted molar refractivity (Wildman–Crippen MR) is 79.8 cm³/mol. The van der Waals surface area contributed by atoms with Gasteiger partial charge in [0.15, 0.2) is 6.10 Å². The van der Waals surface area contributed by atoms with Gasteiger partial charge < -0.3 is 19.7 Å². The molecule has 1 unspecified atom stereocenters. The molecule has 0 saturated carbocycles. The summed E-state index contributed by atoms with van der Waals surface area (Å²) in [4.78, 5) is 14.0. The van der Waals surface area contributed by atoms with E-state index in [2.05, 4.69) is 5.32 Å². The van der Waals surface area contributed by atoms with Crippen LogP contribution in [-0.4, -0.2) is 50.2 Å². The van der Waals surface area contributed by atoms with Gasteiger partial charge in [-0.05, 0) is 31.2 Å². The molecule has 0 radical (unpaired) electrons. The van der Waals surface area contributed by atoms with Crippen molar-refractivity contribution in [2.45, 2.75) is 13.0 Å². The molecule has 1 heterocycles. The number of carbonyl (C=O) groups is 1. The molecule has 1 aliphatic heterocycles. The van der Waals surface area contributed by atoms with Crippen molar-refractivity contribution in [1.29, 1.82) is 0 Å². The summed E-state index contributed by atoms with van der Waals surface area (Å²) in [5, 5.41) is 3.22. The topological polar surface area (TPSA) is 50.8 Å². The third-order valence-electron chi connectivity index (χ3n) is 3.15. The molecule has 112 valence electrons. The maximum Gasteiger partial charge on any atom is 0.263 e. The zero-order valence-electron chi connectivity index (χ0n) is 11.8. The molecule has 0 spiro atoms. The molecule has 1 atom stereocenters. The van der Waals surface area contributed by atoms with E-state index < -0.39 is 6.10 Å². The Hall–Kier alpha value is -1.46. The number of benzene rings is 1. The minimum absolute atomic E-state index is 0. The van der Waals surface area contributed by atoms with Crippen LogP contribution in [0.25, 0.3) is 0 Å². The summed E-state index contributed by atoms with van der Waals surface area (Å²) in [7, 11) is 1.62. The number of hydrogen-bond donors (Lipinski definition) is 1. The molecule has 1 saturated heterocycles. The first-order valence-corrected chi connectivity index (χ1v) is 6.51. The quantitative estimate of drug-likeness (QED) is 0.911. The summed E-state index contributed by atoms with van der Waals surface area (Å²) in [5.41, 5.74) is 0. The fraction of sp³-hybridized carbons (Fsp3) is 0.500. The average Bonchev–Trinajstić information content (AvgIpc) is 2.48. The Bertz CT molecular complexity index is 419. The van der Waals surface area contributed by atoms with Crippen LogP contribution < -0.4 is 14.8 Å². The van der Waals surface area contributed by atoms with E-state index >= 15 is 0 Å². The van der Waals surface area contributed by atoms with Crippen LogP contribution in [0.2, 0.25) is 0 Å². The number of nitrogens with one attached hydrogen (secondary N) is 1. The van der Waals surface area contributed by atoms with Crippen LogP contribution >= 0.6 is 12.4 Å². The van der Waals surface area contributed by atoms with E-state index in [-0.39, 0.29) is 18.3 Å². The predicted octanol–water partition coefficient (Wildman–Crippen LogP) is 1.32. The van der Waals surface area contributed by atoms with Crippen molar-refractivity contribution >= 4 is 18.3 Å². The Morgan fingerprint density at radius 2 is 1.75 bits per heavy atom. The third kappa shape index (κ3) is 4.28. The van der Waals surface area contributed by atoms with Crippen LogP contribution in [0.1, 0.15) is 6.92 Å². The molecule has 0 bridgehead atoms. The SMILES string of the molecule is COc1ccc(OC(C)C(=O)N2CCNCC2)cc1.Cl. The van der Waals surface area contributed by atoms with Crippen LogP contribution in [0, 0.1) is 0 Å². The minimum Gasteiger partial charge on any atom is -0.497 e. The van der Waals surface area contributed by atoms with Gasteiger partial charge in [-0.15, -0.1) is 12.4 Å². The second-order valence-electron chi connectivity index (χ2n) is 4.51. The van der Waals surface area contributed by atoms with Crippen LogP contribution in [-0.2, 0) is 4.79 Å². The second-order valence-corrected chi connectivity index (χ2v) is 4.51. The van der Waals surface area contributed by atoms with Gasteiger partial charge in [-0.25, -0.2) is 0 Å². The standard InChI is InChI=1S/C14H20N2O3.ClH/c1-11(14(17)16-9-7-15-8-10-16)19-13-5-3-12(18-2)4-6-13;/h3-6,11,15H,7-10H2,1-2H3;1H. The van der Waals surface area contributed by atoms with Gasteiger partial charge in [-0.1, -0.05) is 0 Å². The number of amides is 1. The van der Waals surface area contributed by atoms with E-state index in [1.807, 2.05) is 17.0 Å². The maximum atomic E-state index is 12.2. The summed E-state index contributed by atoms with van der Waals surface area (Å²) in [5.74, 6) is 1.49. The molecule has 1 aromatic rings. The molecule has 6 heteroatoms. The van der Waals surface area contributed by atoms with Crippen molar-refractivity contribution in [3.8, 4) is 11.5 Å². The molecule has 1 N–H and O–H groups in total. The van der Waals surface area contributed by atoms with Crippen LogP contribution in [0.3, 0.4) is 0 Å². The molecule has 1 amide bonds. The fourth-order valence-electron chi connectivity index (χ4n) is 2.05. The number of hydrogen-bond acceptors (Lipinski definition) is 4. The van der Waals surface area contributed by atoms with E-state index in [0.29, 0.717) is 5.75 Å². The first-order chi connectivity index (χ1) is 9.20. The number of methoxy groups -OCH3 is 1. The number of nitrogens with zero attached hydrogens (tertiary/aromatic N) is 1. The van der Waals surface area contributed by atoms with E-state index in [9.17, 15) is 4.79 Å². The Kier molecular flexibility index (Phi) is 6.61. The van der Waals surface area contributed by atoms with Crippen LogP contribution in [0.5, 0.6) is 11.5 Å². The zero-order chi connectivity index (χ0) is 13.7. The van der Waals surface area contributed by atoms with Gasteiger partial charge in [0.25, 0.3) is 5.91 Å². The second kappa shape index (κ2) is 7.97. The zero-order valence-corrected chi connectivity index (χ0v) is 12.6. The van der Waals surface area contributed by atoms with Crippen molar-refractivity contribution < 1.29 is 14.3 Å². The normalized spacial score (nSPS) is 16.0. The van der Waals surface area contributed by atoms with E-state index in [4.69, 9.17) is 9.47 Å². The lowest BCUT2D eigenvalue weighted by Gasteiger charge is -2.29. The lowest BCUT2D eigenvalue weighted by Crippen LogP contribution is -2.50. The summed E-state index contributed by atoms with van der Waals surface area (Å²) in [6.07, 6.45) is -0.466. The number of ether oxygens (including phenoxy) is 2. The van der Waals surface area contributed by atoms with Crippen molar-refractivity contribution in [3.05, 3.63) is 24.3 Å². The van der Waals surface area contributed by atoms with Crippen LogP contribution in [0.15, 0.2) is 24.3 Å². The number of piperazine rings is 1. The van der Waals surface area contributed by atoms with Crippen LogP contribution in [0.4, 0.5) is 0 Å². The van der Waals surface area contributed by atoms with Gasteiger partial charge in [0, 0.05) is 26.2 Å². The number of carbonyl (C=O) groups excluding carboxylic acids is 1. The van der Waals surface area contributed by atoms with Gasteiger partial charge in [-0.2, -0.15) is 0 Å². The van der Waals surface area contributed by atoms with Gasteiger partial charge in [0.2, 0.25) is 0 Å². The van der Waals surface area contributed by atoms with Crippen molar-refractivity contribution in [3.63, 3.8) is 0 Å². The van der Waals surface area contributed by atoms with Gasteiger partial charge in [0.1, 0.15) is 11.5 Å². The highest BCUT2D eigenvalue weighted by molar-refractivity contribution is 5.85. The van der Waals surface area contributed by atoms with Crippen molar-refractivity contribution in [2.75, 3.05) is 33.3 Å². The molecular formula is C14H21ClN2O3. The molecule has 5 nitrogen and oxygen atoms in total. The highest BCUT2D eigenvalue weighted by atomic mass is 35.5. The summed E-state index contributed by atoms with van der Waals surface area (Å²) < 4.78 is 10.7. The first kappa shape index (κ1) is 16.6. The lowest BCUT2D eigenvalue weighted by molar-refractivity contribution is -0.138. The van der Waals surface area contributed by atoms with Crippen molar-refractivity contribution in [2.24, 2.45) is 0 Å².